The second-order valence-corrected chi connectivity index (χ2v) is 14.3. The molecule has 0 bridgehead atoms. The van der Waals surface area contributed by atoms with Crippen LogP contribution in [-0.4, -0.2) is 17.9 Å². The van der Waals surface area contributed by atoms with E-state index in [4.69, 9.17) is 0 Å². The second kappa shape index (κ2) is 3.49. The van der Waals surface area contributed by atoms with Crippen LogP contribution in [-0.2, 0) is 7.05 Å². The summed E-state index contributed by atoms with van der Waals surface area (Å²) in [7, 11) is 2.16. The van der Waals surface area contributed by atoms with Crippen LogP contribution < -0.4 is 5.44 Å². The largest absolute Gasteiger partial charge is 0.315 e. The number of halogens is 1. The highest BCUT2D eigenvalue weighted by Crippen LogP contribution is 2.59. The summed E-state index contributed by atoms with van der Waals surface area (Å²) in [5.74, 6) is 0. The van der Waals surface area contributed by atoms with E-state index in [1.165, 1.54) is 16.3 Å². The third-order valence-electron chi connectivity index (χ3n) is 2.47. The lowest BCUT2D eigenvalue weighted by molar-refractivity contribution is 1.00. The van der Waals surface area contributed by atoms with E-state index in [-0.39, 0.29) is 0 Å². The molecule has 0 saturated carbocycles. The molecule has 2 rings (SSSR count). The highest BCUT2D eigenvalue weighted by Gasteiger charge is 2.29. The molecule has 0 amide bonds. The van der Waals surface area contributed by atoms with Crippen molar-refractivity contribution in [2.75, 3.05) is 13.3 Å². The Morgan fingerprint density at radius 1 is 1.21 bits per heavy atom. The summed E-state index contributed by atoms with van der Waals surface area (Å²) < 4.78 is 2.33. The van der Waals surface area contributed by atoms with Crippen LogP contribution in [0.3, 0.4) is 0 Å². The Kier molecular flexibility index (Phi) is 2.61. The number of hydrogen-bond donors (Lipinski definition) is 0. The van der Waals surface area contributed by atoms with E-state index < -0.39 is 4.90 Å². The number of hydrogen-bond acceptors (Lipinski definition) is 0. The Balaban J connectivity index is 2.75. The molecule has 0 spiro atoms. The Hall–Kier alpha value is -0.0800. The van der Waals surface area contributed by atoms with Gasteiger partial charge in [0, 0.05) is 18.5 Å². The lowest BCUT2D eigenvalue weighted by Crippen LogP contribution is -2.13. The molecule has 0 saturated heterocycles. The minimum atomic E-state index is -0.945. The van der Waals surface area contributed by atoms with Crippen molar-refractivity contribution in [3.63, 3.8) is 0 Å². The van der Waals surface area contributed by atoms with Gasteiger partial charge >= 0.3 is 0 Å². The number of fused-ring (bicyclic) bond motifs is 1. The maximum absolute atomic E-state index is 2.59. The predicted molar refractivity (Wildman–Crippen MR) is 75.3 cm³/mol. The zero-order chi connectivity index (χ0) is 10.3. The zero-order valence-electron chi connectivity index (χ0n) is 8.66. The van der Waals surface area contributed by atoms with E-state index in [1.807, 2.05) is 0 Å². The highest BCUT2D eigenvalue weighted by molar-refractivity contribution is 14.2. The minimum Gasteiger partial charge on any atom is -0.315 e. The van der Waals surface area contributed by atoms with Crippen molar-refractivity contribution < 1.29 is 0 Å². The van der Waals surface area contributed by atoms with Crippen molar-refractivity contribution in [1.82, 2.24) is 4.57 Å². The average molecular weight is 318 g/mol. The third kappa shape index (κ3) is 1.70. The highest BCUT2D eigenvalue weighted by atomic mass is 127. The van der Waals surface area contributed by atoms with Crippen molar-refractivity contribution >= 4 is 43.3 Å². The van der Waals surface area contributed by atoms with Crippen LogP contribution in [0.4, 0.5) is 0 Å². The maximum atomic E-state index is 2.59. The monoisotopic (exact) mass is 318 g/mol. The molecule has 0 aliphatic heterocycles. The normalized spacial score (nSPS) is 12.3. The first-order chi connectivity index (χ1) is 6.50. The topological polar surface area (TPSA) is 4.93 Å². The Bertz CT molecular complexity index is 468. The van der Waals surface area contributed by atoms with Crippen LogP contribution in [0.1, 0.15) is 0 Å². The van der Waals surface area contributed by atoms with Crippen LogP contribution in [0.2, 0.25) is 0 Å². The summed E-state index contributed by atoms with van der Waals surface area (Å²) >= 11 is 2.59. The van der Waals surface area contributed by atoms with Gasteiger partial charge in [-0.25, -0.2) is 0 Å². The quantitative estimate of drug-likeness (QED) is 0.561. The van der Waals surface area contributed by atoms with E-state index in [0.29, 0.717) is 0 Å². The van der Waals surface area contributed by atoms with Crippen molar-refractivity contribution in [2.24, 2.45) is 7.05 Å². The molecule has 0 atom stereocenters. The number of nitrogens with zero attached hydrogens (tertiary/aromatic N) is 1. The summed E-state index contributed by atoms with van der Waals surface area (Å²) in [4.78, 5) is -0.945. The van der Waals surface area contributed by atoms with Crippen LogP contribution in [0.15, 0.2) is 30.3 Å². The minimum absolute atomic E-state index is 0.945. The fourth-order valence-electron chi connectivity index (χ4n) is 1.78. The fraction of sp³-hybridized carbons (Fsp3) is 0.273. The molecule has 1 nitrogen and oxygen atoms in total. The van der Waals surface area contributed by atoms with Gasteiger partial charge in [-0.05, 0) is 6.07 Å². The molecular formula is C11H14INP+. The molecule has 1 aromatic heterocycles. The van der Waals surface area contributed by atoms with Crippen molar-refractivity contribution in [3.8, 4) is 0 Å². The summed E-state index contributed by atoms with van der Waals surface area (Å²) in [6.45, 7) is 4.70. The van der Waals surface area contributed by atoms with Gasteiger partial charge in [-0.1, -0.05) is 18.2 Å². The lowest BCUT2D eigenvalue weighted by Gasteiger charge is -2.08. The van der Waals surface area contributed by atoms with Crippen molar-refractivity contribution in [3.05, 3.63) is 30.3 Å². The Morgan fingerprint density at radius 2 is 1.86 bits per heavy atom. The molecule has 0 fully saturated rings. The number of benzene rings is 1. The lowest BCUT2D eigenvalue weighted by atomic mass is 10.2. The van der Waals surface area contributed by atoms with Crippen molar-refractivity contribution in [2.45, 2.75) is 0 Å². The van der Waals surface area contributed by atoms with E-state index in [1.54, 1.807) is 0 Å². The average Bonchev–Trinajstić information content (AvgIpc) is 2.44. The third-order valence-corrected chi connectivity index (χ3v) is 5.47. The van der Waals surface area contributed by atoms with Crippen LogP contribution in [0.25, 0.3) is 10.9 Å². The van der Waals surface area contributed by atoms with Gasteiger partial charge in [0.2, 0.25) is 0 Å². The number of aromatic nitrogens is 1. The molecule has 0 aliphatic rings. The number of rotatable bonds is 1. The molecule has 0 aliphatic carbocycles. The van der Waals surface area contributed by atoms with E-state index in [2.05, 4.69) is 77.3 Å². The molecule has 3 heteroatoms. The molecule has 0 N–H and O–H groups in total. The summed E-state index contributed by atoms with van der Waals surface area (Å²) in [5.41, 5.74) is 2.83. The van der Waals surface area contributed by atoms with E-state index >= 15 is 0 Å². The zero-order valence-corrected chi connectivity index (χ0v) is 11.7. The second-order valence-electron chi connectivity index (χ2n) is 3.94. The Labute approximate surface area is 98.3 Å². The van der Waals surface area contributed by atoms with Crippen LogP contribution in [0, 0.1) is 0 Å². The van der Waals surface area contributed by atoms with Gasteiger partial charge in [-0.2, -0.15) is 0 Å². The fourth-order valence-corrected chi connectivity index (χ4v) is 4.44. The number of aryl methyl sites for hydroxylation is 1. The first kappa shape index (κ1) is 10.4. The molecule has 1 heterocycles. The van der Waals surface area contributed by atoms with E-state index in [0.717, 1.165) is 0 Å². The Morgan fingerprint density at radius 3 is 2.43 bits per heavy atom. The smallest absolute Gasteiger partial charge is 0.172 e. The van der Waals surface area contributed by atoms with Gasteiger partial charge in [-0.3, -0.25) is 0 Å². The predicted octanol–water partition coefficient (Wildman–Crippen LogP) is 3.43. The van der Waals surface area contributed by atoms with Gasteiger partial charge in [0.1, 0.15) is 4.90 Å². The molecular weight excluding hydrogens is 304 g/mol. The van der Waals surface area contributed by atoms with Crippen molar-refractivity contribution in [1.29, 1.82) is 0 Å². The summed E-state index contributed by atoms with van der Waals surface area (Å²) in [6.07, 6.45) is 0. The summed E-state index contributed by atoms with van der Waals surface area (Å²) in [6, 6.07) is 10.9. The molecule has 1 aromatic carbocycles. The van der Waals surface area contributed by atoms with Gasteiger partial charge in [0.15, 0.2) is 27.5 Å². The van der Waals surface area contributed by atoms with Crippen LogP contribution >= 0.6 is 26.9 Å². The van der Waals surface area contributed by atoms with Gasteiger partial charge in [0.05, 0.1) is 18.8 Å². The van der Waals surface area contributed by atoms with E-state index in [9.17, 15) is 0 Å². The standard InChI is InChI=1S/C11H14INP/c1-13-10-7-5-4-6-9(10)8-11(13)14(2,3)12/h4-8H,1-3H3/q+1. The maximum Gasteiger partial charge on any atom is 0.172 e. The van der Waals surface area contributed by atoms with Gasteiger partial charge in [-0.15, -0.1) is 0 Å². The summed E-state index contributed by atoms with van der Waals surface area (Å²) in [5, 5.41) is 1.36. The first-order valence-corrected chi connectivity index (χ1v) is 10.1. The molecule has 0 radical (unpaired) electrons. The van der Waals surface area contributed by atoms with Gasteiger partial charge < -0.3 is 4.57 Å². The molecule has 74 valence electrons. The van der Waals surface area contributed by atoms with Crippen LogP contribution in [0.5, 0.6) is 0 Å². The van der Waals surface area contributed by atoms with Gasteiger partial charge in [0.25, 0.3) is 0 Å². The molecule has 2 aromatic rings. The molecule has 14 heavy (non-hydrogen) atoms. The number of para-hydroxylation sites is 1. The SMILES string of the molecule is Cn1c([P+](C)(C)I)cc2ccccc21. The molecule has 0 unspecified atom stereocenters. The first-order valence-electron chi connectivity index (χ1n) is 4.59.